The Labute approximate surface area is 147 Å². The standard InChI is InChI=1S/C18H26N4OS/c1-2-3-5-17-19-12-16(20-17)13-21-7-4-8-22(10-9-21)18(23)15-6-11-24-14-15/h6,11-12,14H,2-5,7-10,13H2,1H3,(H,19,20). The number of nitrogens with one attached hydrogen (secondary N) is 1. The fourth-order valence-corrected chi connectivity index (χ4v) is 3.73. The number of rotatable bonds is 6. The van der Waals surface area contributed by atoms with E-state index in [1.54, 1.807) is 11.3 Å². The van der Waals surface area contributed by atoms with Gasteiger partial charge in [0.2, 0.25) is 0 Å². The second-order valence-electron chi connectivity index (χ2n) is 6.39. The van der Waals surface area contributed by atoms with Gasteiger partial charge in [0, 0.05) is 56.4 Å². The summed E-state index contributed by atoms with van der Waals surface area (Å²) < 4.78 is 0. The first-order valence-electron chi connectivity index (χ1n) is 8.83. The molecule has 6 heteroatoms. The number of aromatic nitrogens is 2. The Balaban J connectivity index is 1.52. The summed E-state index contributed by atoms with van der Waals surface area (Å²) in [5.74, 6) is 1.26. The van der Waals surface area contributed by atoms with Crippen molar-refractivity contribution in [2.75, 3.05) is 26.2 Å². The molecule has 0 unspecified atom stereocenters. The molecule has 0 aliphatic carbocycles. The summed E-state index contributed by atoms with van der Waals surface area (Å²) in [5.41, 5.74) is 2.00. The normalized spacial score (nSPS) is 16.3. The monoisotopic (exact) mass is 346 g/mol. The average Bonchev–Trinajstić information content (AvgIpc) is 3.22. The van der Waals surface area contributed by atoms with Crippen LogP contribution >= 0.6 is 11.3 Å². The molecule has 0 aromatic carbocycles. The molecule has 2 aromatic heterocycles. The fourth-order valence-electron chi connectivity index (χ4n) is 3.10. The quantitative estimate of drug-likeness (QED) is 0.874. The minimum absolute atomic E-state index is 0.168. The molecule has 0 bridgehead atoms. The summed E-state index contributed by atoms with van der Waals surface area (Å²) in [6, 6.07) is 1.91. The van der Waals surface area contributed by atoms with E-state index in [0.29, 0.717) is 0 Å². The van der Waals surface area contributed by atoms with Crippen LogP contribution in [0.25, 0.3) is 0 Å². The lowest BCUT2D eigenvalue weighted by Crippen LogP contribution is -2.34. The largest absolute Gasteiger partial charge is 0.345 e. The van der Waals surface area contributed by atoms with Gasteiger partial charge >= 0.3 is 0 Å². The molecule has 0 radical (unpaired) electrons. The highest BCUT2D eigenvalue weighted by Crippen LogP contribution is 2.13. The molecule has 3 heterocycles. The first kappa shape index (κ1) is 17.2. The minimum atomic E-state index is 0.168. The van der Waals surface area contributed by atoms with E-state index in [2.05, 4.69) is 21.8 Å². The first-order valence-corrected chi connectivity index (χ1v) is 9.77. The molecule has 24 heavy (non-hydrogen) atoms. The third-order valence-corrected chi connectivity index (χ3v) is 5.17. The number of unbranched alkanes of at least 4 members (excludes halogenated alkanes) is 1. The minimum Gasteiger partial charge on any atom is -0.345 e. The van der Waals surface area contributed by atoms with E-state index in [1.807, 2.05) is 27.9 Å². The summed E-state index contributed by atoms with van der Waals surface area (Å²) in [6.07, 6.45) is 6.38. The Morgan fingerprint density at radius 2 is 2.25 bits per heavy atom. The molecule has 0 saturated carbocycles. The van der Waals surface area contributed by atoms with Crippen LogP contribution in [-0.2, 0) is 13.0 Å². The van der Waals surface area contributed by atoms with E-state index in [0.717, 1.165) is 57.0 Å². The molecule has 2 aromatic rings. The maximum atomic E-state index is 12.5. The van der Waals surface area contributed by atoms with E-state index in [4.69, 9.17) is 0 Å². The van der Waals surface area contributed by atoms with Crippen molar-refractivity contribution in [2.45, 2.75) is 39.2 Å². The summed E-state index contributed by atoms with van der Waals surface area (Å²) in [6.45, 7) is 6.67. The molecule has 1 aliphatic heterocycles. The summed E-state index contributed by atoms with van der Waals surface area (Å²) in [5, 5.41) is 3.90. The molecule has 1 N–H and O–H groups in total. The van der Waals surface area contributed by atoms with Crippen molar-refractivity contribution in [3.8, 4) is 0 Å². The van der Waals surface area contributed by atoms with Crippen molar-refractivity contribution in [3.63, 3.8) is 0 Å². The number of H-pyrrole nitrogens is 1. The Kier molecular flexibility index (Phi) is 6.04. The molecule has 1 fully saturated rings. The van der Waals surface area contributed by atoms with Gasteiger partial charge in [0.1, 0.15) is 5.82 Å². The van der Waals surface area contributed by atoms with Crippen molar-refractivity contribution in [1.29, 1.82) is 0 Å². The molecule has 0 atom stereocenters. The number of hydrogen-bond acceptors (Lipinski definition) is 4. The van der Waals surface area contributed by atoms with Gasteiger partial charge in [-0.15, -0.1) is 0 Å². The number of aryl methyl sites for hydroxylation is 1. The molecule has 3 rings (SSSR count). The molecule has 1 aliphatic rings. The van der Waals surface area contributed by atoms with Crippen LogP contribution in [0, 0.1) is 0 Å². The van der Waals surface area contributed by atoms with E-state index in [1.165, 1.54) is 18.5 Å². The molecule has 0 spiro atoms. The summed E-state index contributed by atoms with van der Waals surface area (Å²) >= 11 is 1.58. The molecule has 130 valence electrons. The topological polar surface area (TPSA) is 52.2 Å². The smallest absolute Gasteiger partial charge is 0.254 e. The summed E-state index contributed by atoms with van der Waals surface area (Å²) in [4.78, 5) is 24.8. The van der Waals surface area contributed by atoms with E-state index in [-0.39, 0.29) is 5.91 Å². The third kappa shape index (κ3) is 4.45. The Morgan fingerprint density at radius 1 is 1.33 bits per heavy atom. The fraction of sp³-hybridized carbons (Fsp3) is 0.556. The lowest BCUT2D eigenvalue weighted by molar-refractivity contribution is 0.0761. The Hall–Kier alpha value is -1.66. The van der Waals surface area contributed by atoms with Crippen LogP contribution in [0.1, 0.15) is 48.1 Å². The second kappa shape index (κ2) is 8.44. The maximum Gasteiger partial charge on any atom is 0.254 e. The zero-order valence-corrected chi connectivity index (χ0v) is 15.1. The van der Waals surface area contributed by atoms with Gasteiger partial charge in [-0.05, 0) is 24.3 Å². The van der Waals surface area contributed by atoms with Gasteiger partial charge in [0.15, 0.2) is 0 Å². The third-order valence-electron chi connectivity index (χ3n) is 4.49. The van der Waals surface area contributed by atoms with Gasteiger partial charge < -0.3 is 9.88 Å². The first-order chi connectivity index (χ1) is 11.8. The van der Waals surface area contributed by atoms with Gasteiger partial charge in [-0.25, -0.2) is 4.98 Å². The van der Waals surface area contributed by atoms with Crippen LogP contribution in [0.3, 0.4) is 0 Å². The highest BCUT2D eigenvalue weighted by Gasteiger charge is 2.20. The van der Waals surface area contributed by atoms with Gasteiger partial charge in [0.05, 0.1) is 5.56 Å². The van der Waals surface area contributed by atoms with E-state index >= 15 is 0 Å². The lowest BCUT2D eigenvalue weighted by Gasteiger charge is -2.21. The molecule has 1 amide bonds. The van der Waals surface area contributed by atoms with Crippen molar-refractivity contribution in [1.82, 2.24) is 19.8 Å². The van der Waals surface area contributed by atoms with Crippen LogP contribution in [0.4, 0.5) is 0 Å². The number of carbonyl (C=O) groups is 1. The molecular formula is C18H26N4OS. The van der Waals surface area contributed by atoms with Crippen LogP contribution in [-0.4, -0.2) is 51.9 Å². The highest BCUT2D eigenvalue weighted by atomic mass is 32.1. The number of carbonyl (C=O) groups excluding carboxylic acids is 1. The molecule has 5 nitrogen and oxygen atoms in total. The van der Waals surface area contributed by atoms with Gasteiger partial charge in [-0.1, -0.05) is 13.3 Å². The predicted molar refractivity (Wildman–Crippen MR) is 97.3 cm³/mol. The van der Waals surface area contributed by atoms with Crippen LogP contribution in [0.2, 0.25) is 0 Å². The average molecular weight is 346 g/mol. The maximum absolute atomic E-state index is 12.5. The highest BCUT2D eigenvalue weighted by molar-refractivity contribution is 7.08. The van der Waals surface area contributed by atoms with Crippen molar-refractivity contribution < 1.29 is 4.79 Å². The number of nitrogens with zero attached hydrogens (tertiary/aromatic N) is 3. The zero-order valence-electron chi connectivity index (χ0n) is 14.3. The number of imidazole rings is 1. The molecule has 1 saturated heterocycles. The number of amides is 1. The van der Waals surface area contributed by atoms with Crippen LogP contribution in [0.5, 0.6) is 0 Å². The number of thiophene rings is 1. The number of hydrogen-bond donors (Lipinski definition) is 1. The van der Waals surface area contributed by atoms with Gasteiger partial charge in [-0.3, -0.25) is 9.69 Å². The van der Waals surface area contributed by atoms with Gasteiger partial charge in [0.25, 0.3) is 5.91 Å². The number of aromatic amines is 1. The zero-order chi connectivity index (χ0) is 16.8. The summed E-state index contributed by atoms with van der Waals surface area (Å²) in [7, 11) is 0. The van der Waals surface area contributed by atoms with E-state index in [9.17, 15) is 4.79 Å². The van der Waals surface area contributed by atoms with Crippen LogP contribution in [0.15, 0.2) is 23.0 Å². The second-order valence-corrected chi connectivity index (χ2v) is 7.17. The van der Waals surface area contributed by atoms with Crippen molar-refractivity contribution in [3.05, 3.63) is 40.1 Å². The van der Waals surface area contributed by atoms with Crippen molar-refractivity contribution >= 4 is 17.2 Å². The van der Waals surface area contributed by atoms with Gasteiger partial charge in [-0.2, -0.15) is 11.3 Å². The molecular weight excluding hydrogens is 320 g/mol. The van der Waals surface area contributed by atoms with Crippen LogP contribution < -0.4 is 0 Å². The lowest BCUT2D eigenvalue weighted by atomic mass is 10.2. The Morgan fingerprint density at radius 3 is 3.04 bits per heavy atom. The van der Waals surface area contributed by atoms with Crippen molar-refractivity contribution in [2.24, 2.45) is 0 Å². The van der Waals surface area contributed by atoms with E-state index < -0.39 is 0 Å². The Bertz CT molecular complexity index is 637. The SMILES string of the molecule is CCCCc1ncc(CN2CCCN(C(=O)c3ccsc3)CC2)[nH]1. The predicted octanol–water partition coefficient (Wildman–Crippen LogP) is 3.16.